The number of fused-ring (bicyclic) bond motifs is 1. The second-order valence-electron chi connectivity index (χ2n) is 5.97. The molecule has 0 aromatic carbocycles. The average Bonchev–Trinajstić information content (AvgIpc) is 2.72. The fraction of sp³-hybridized carbons (Fsp3) is 0.538. The van der Waals surface area contributed by atoms with Crippen LogP contribution in [0.2, 0.25) is 25.7 Å². The van der Waals surface area contributed by atoms with E-state index in [4.69, 9.17) is 4.74 Å². The summed E-state index contributed by atoms with van der Waals surface area (Å²) in [5, 5.41) is 5.49. The fourth-order valence-electron chi connectivity index (χ4n) is 1.78. The first-order valence-electron chi connectivity index (χ1n) is 6.43. The van der Waals surface area contributed by atoms with Gasteiger partial charge in [0.05, 0.1) is 17.9 Å². The van der Waals surface area contributed by atoms with Gasteiger partial charge in [0.2, 0.25) is 0 Å². The molecule has 0 bridgehead atoms. The van der Waals surface area contributed by atoms with Crippen molar-refractivity contribution >= 4 is 34.9 Å². The lowest BCUT2D eigenvalue weighted by Gasteiger charge is -2.15. The highest BCUT2D eigenvalue weighted by atomic mass is 79.9. The predicted octanol–water partition coefficient (Wildman–Crippen LogP) is 3.81. The van der Waals surface area contributed by atoms with Crippen LogP contribution in [0.15, 0.2) is 17.0 Å². The minimum absolute atomic E-state index is 0.497. The van der Waals surface area contributed by atoms with Crippen LogP contribution >= 0.6 is 15.9 Å². The summed E-state index contributed by atoms with van der Waals surface area (Å²) in [6.45, 7) is 10.4. The van der Waals surface area contributed by atoms with Gasteiger partial charge in [0.1, 0.15) is 11.3 Å². The molecule has 2 aromatic rings. The number of aryl methyl sites for hydroxylation is 1. The molecule has 0 saturated heterocycles. The third-order valence-electron chi connectivity index (χ3n) is 3.10. The van der Waals surface area contributed by atoms with Crippen molar-refractivity contribution in [3.8, 4) is 0 Å². The van der Waals surface area contributed by atoms with Gasteiger partial charge in [0, 0.05) is 20.1 Å². The first-order valence-corrected chi connectivity index (χ1v) is 10.9. The second-order valence-corrected chi connectivity index (χ2v) is 12.3. The van der Waals surface area contributed by atoms with Gasteiger partial charge >= 0.3 is 0 Å². The Kier molecular flexibility index (Phi) is 4.42. The summed E-state index contributed by atoms with van der Waals surface area (Å²) in [6.07, 6.45) is 3.71. The van der Waals surface area contributed by atoms with Gasteiger partial charge in [-0.3, -0.25) is 0 Å². The lowest BCUT2D eigenvalue weighted by atomic mass is 10.2. The standard InChI is InChI=1S/C13H20BrN3OSi/c1-10-11-7-16-17(12(11)8-15-13(10)14)9-18-5-6-19(2,3)4/h7-8H,5-6,9H2,1-4H3. The van der Waals surface area contributed by atoms with Crippen LogP contribution in [0.1, 0.15) is 5.56 Å². The molecule has 0 radical (unpaired) electrons. The maximum atomic E-state index is 5.73. The van der Waals surface area contributed by atoms with E-state index in [2.05, 4.69) is 45.7 Å². The van der Waals surface area contributed by atoms with Crippen LogP contribution in [0.4, 0.5) is 0 Å². The molecule has 0 aliphatic carbocycles. The molecule has 2 rings (SSSR count). The lowest BCUT2D eigenvalue weighted by molar-refractivity contribution is 0.0816. The monoisotopic (exact) mass is 341 g/mol. The Morgan fingerprint density at radius 3 is 2.74 bits per heavy atom. The van der Waals surface area contributed by atoms with Crippen molar-refractivity contribution in [2.75, 3.05) is 6.61 Å². The summed E-state index contributed by atoms with van der Waals surface area (Å²) in [4.78, 5) is 4.31. The largest absolute Gasteiger partial charge is 0.360 e. The quantitative estimate of drug-likeness (QED) is 0.471. The van der Waals surface area contributed by atoms with Gasteiger partial charge in [0.25, 0.3) is 0 Å². The van der Waals surface area contributed by atoms with Crippen LogP contribution in [-0.4, -0.2) is 29.4 Å². The number of aromatic nitrogens is 3. The number of rotatable bonds is 5. The van der Waals surface area contributed by atoms with E-state index in [-0.39, 0.29) is 0 Å². The Morgan fingerprint density at radius 1 is 1.32 bits per heavy atom. The second kappa shape index (κ2) is 5.72. The summed E-state index contributed by atoms with van der Waals surface area (Å²) in [5.74, 6) is 0. The van der Waals surface area contributed by atoms with E-state index in [0.29, 0.717) is 6.73 Å². The van der Waals surface area contributed by atoms with Crippen LogP contribution in [0.5, 0.6) is 0 Å². The summed E-state index contributed by atoms with van der Waals surface area (Å²) in [6, 6.07) is 1.18. The summed E-state index contributed by atoms with van der Waals surface area (Å²) >= 11 is 3.44. The third-order valence-corrected chi connectivity index (χ3v) is 5.61. The van der Waals surface area contributed by atoms with Crippen molar-refractivity contribution in [3.05, 3.63) is 22.6 Å². The highest BCUT2D eigenvalue weighted by Gasteiger charge is 2.13. The van der Waals surface area contributed by atoms with Crippen LogP contribution in [0, 0.1) is 6.92 Å². The van der Waals surface area contributed by atoms with E-state index in [1.807, 2.05) is 24.0 Å². The van der Waals surface area contributed by atoms with E-state index in [0.717, 1.165) is 27.7 Å². The Bertz CT molecular complexity index is 577. The molecule has 0 aliphatic rings. The fourth-order valence-corrected chi connectivity index (χ4v) is 2.85. The average molecular weight is 342 g/mol. The molecule has 104 valence electrons. The Hall–Kier alpha value is -0.723. The molecule has 0 atom stereocenters. The van der Waals surface area contributed by atoms with E-state index in [1.165, 1.54) is 6.04 Å². The van der Waals surface area contributed by atoms with Gasteiger partial charge in [0.15, 0.2) is 0 Å². The van der Waals surface area contributed by atoms with Crippen LogP contribution in [0.3, 0.4) is 0 Å². The highest BCUT2D eigenvalue weighted by molar-refractivity contribution is 9.10. The molecular weight excluding hydrogens is 322 g/mol. The minimum atomic E-state index is -1.02. The van der Waals surface area contributed by atoms with Crippen molar-refractivity contribution in [1.82, 2.24) is 14.8 Å². The molecular formula is C13H20BrN3OSi. The SMILES string of the molecule is Cc1c(Br)ncc2c1cnn2COCC[Si](C)(C)C. The smallest absolute Gasteiger partial charge is 0.140 e. The van der Waals surface area contributed by atoms with Gasteiger partial charge < -0.3 is 4.74 Å². The van der Waals surface area contributed by atoms with Gasteiger partial charge in [-0.1, -0.05) is 19.6 Å². The molecule has 19 heavy (non-hydrogen) atoms. The summed E-state index contributed by atoms with van der Waals surface area (Å²) in [5.41, 5.74) is 2.14. The number of nitrogens with zero attached hydrogens (tertiary/aromatic N) is 3. The molecule has 0 spiro atoms. The molecule has 2 heterocycles. The van der Waals surface area contributed by atoms with Crippen LogP contribution in [-0.2, 0) is 11.5 Å². The van der Waals surface area contributed by atoms with Crippen molar-refractivity contribution in [1.29, 1.82) is 0 Å². The van der Waals surface area contributed by atoms with E-state index in [1.54, 1.807) is 0 Å². The molecule has 4 nitrogen and oxygen atoms in total. The Labute approximate surface area is 123 Å². The maximum Gasteiger partial charge on any atom is 0.140 e. The molecule has 0 aliphatic heterocycles. The van der Waals surface area contributed by atoms with Gasteiger partial charge in [-0.05, 0) is 34.5 Å². The number of hydrogen-bond donors (Lipinski definition) is 0. The molecule has 0 unspecified atom stereocenters. The first-order chi connectivity index (χ1) is 8.88. The van der Waals surface area contributed by atoms with E-state index in [9.17, 15) is 0 Å². The third kappa shape index (κ3) is 3.64. The number of ether oxygens (including phenoxy) is 1. The molecule has 0 N–H and O–H groups in total. The van der Waals surface area contributed by atoms with Gasteiger partial charge in [-0.25, -0.2) is 9.67 Å². The summed E-state index contributed by atoms with van der Waals surface area (Å²) in [7, 11) is -1.02. The van der Waals surface area contributed by atoms with Gasteiger partial charge in [-0.2, -0.15) is 5.10 Å². The zero-order valence-corrected chi connectivity index (χ0v) is 14.5. The Morgan fingerprint density at radius 2 is 2.05 bits per heavy atom. The lowest BCUT2D eigenvalue weighted by Crippen LogP contribution is -2.22. The molecule has 2 aromatic heterocycles. The maximum absolute atomic E-state index is 5.73. The number of halogens is 1. The van der Waals surface area contributed by atoms with Crippen LogP contribution < -0.4 is 0 Å². The molecule has 0 amide bonds. The van der Waals surface area contributed by atoms with Crippen molar-refractivity contribution in [2.24, 2.45) is 0 Å². The van der Waals surface area contributed by atoms with Gasteiger partial charge in [-0.15, -0.1) is 0 Å². The minimum Gasteiger partial charge on any atom is -0.360 e. The zero-order chi connectivity index (χ0) is 14.0. The van der Waals surface area contributed by atoms with E-state index >= 15 is 0 Å². The Balaban J connectivity index is 2.04. The van der Waals surface area contributed by atoms with Crippen molar-refractivity contribution in [2.45, 2.75) is 39.3 Å². The van der Waals surface area contributed by atoms with Crippen molar-refractivity contribution in [3.63, 3.8) is 0 Å². The van der Waals surface area contributed by atoms with Crippen LogP contribution in [0.25, 0.3) is 10.9 Å². The predicted molar refractivity (Wildman–Crippen MR) is 84.1 cm³/mol. The molecule has 0 saturated carbocycles. The highest BCUT2D eigenvalue weighted by Crippen LogP contribution is 2.23. The summed E-state index contributed by atoms with van der Waals surface area (Å²) < 4.78 is 8.47. The molecule has 6 heteroatoms. The zero-order valence-electron chi connectivity index (χ0n) is 11.9. The van der Waals surface area contributed by atoms with E-state index < -0.39 is 8.07 Å². The van der Waals surface area contributed by atoms with Crippen molar-refractivity contribution < 1.29 is 4.74 Å². The topological polar surface area (TPSA) is 39.9 Å². The molecule has 0 fully saturated rings. The first kappa shape index (κ1) is 14.7. The number of hydrogen-bond acceptors (Lipinski definition) is 3. The number of pyridine rings is 1. The normalized spacial score (nSPS) is 12.3.